The van der Waals surface area contributed by atoms with E-state index in [0.29, 0.717) is 15.0 Å². The Morgan fingerprint density at radius 1 is 1.16 bits per heavy atom. The van der Waals surface area contributed by atoms with Crippen LogP contribution in [0.4, 0.5) is 5.69 Å². The van der Waals surface area contributed by atoms with Crippen molar-refractivity contribution in [3.63, 3.8) is 0 Å². The van der Waals surface area contributed by atoms with Crippen molar-refractivity contribution in [1.82, 2.24) is 4.31 Å². The van der Waals surface area contributed by atoms with Gasteiger partial charge in [0.25, 0.3) is 15.9 Å². The van der Waals surface area contributed by atoms with Gasteiger partial charge < -0.3 is 5.32 Å². The molecule has 9 heteroatoms. The highest BCUT2D eigenvalue weighted by molar-refractivity contribution is 7.89. The number of nitrogens with one attached hydrogen (secondary N) is 1. The fourth-order valence-electron chi connectivity index (χ4n) is 2.57. The van der Waals surface area contributed by atoms with Crippen LogP contribution in [0.25, 0.3) is 0 Å². The summed E-state index contributed by atoms with van der Waals surface area (Å²) in [6, 6.07) is 10.6. The zero-order valence-electron chi connectivity index (χ0n) is 12.9. The number of fused-ring (bicyclic) bond motifs is 1. The minimum Gasteiger partial charge on any atom is -0.324 e. The molecule has 1 N–H and O–H groups in total. The maximum atomic E-state index is 12.7. The van der Waals surface area contributed by atoms with E-state index in [-0.39, 0.29) is 15.5 Å². The largest absolute Gasteiger partial charge is 0.324 e. The molecule has 0 saturated heterocycles. The van der Waals surface area contributed by atoms with Crippen LogP contribution in [0.5, 0.6) is 0 Å². The summed E-state index contributed by atoms with van der Waals surface area (Å²) in [7, 11) is -2.94. The standard InChI is InChI=1S/C16H12Cl2N2O4S/c1-20-16(22)14(15(21)19-12-5-3-2-4-11(12)18)10-7-6-9(17)8-13(10)25(20,23)24/h2-8,14H,1H3,(H,19,21). The molecule has 0 saturated carbocycles. The number of likely N-dealkylation sites (N-methyl/N-ethyl adjacent to an activating group) is 1. The molecular weight excluding hydrogens is 387 g/mol. The minimum atomic E-state index is -4.05. The quantitative estimate of drug-likeness (QED) is 0.788. The van der Waals surface area contributed by atoms with E-state index in [1.54, 1.807) is 24.3 Å². The number of nitrogens with zero attached hydrogens (tertiary/aromatic N) is 1. The van der Waals surface area contributed by atoms with Crippen LogP contribution in [-0.2, 0) is 19.6 Å². The van der Waals surface area contributed by atoms with Crippen LogP contribution in [-0.4, -0.2) is 31.6 Å². The Bertz CT molecular complexity index is 991. The first-order valence-corrected chi connectivity index (χ1v) is 9.30. The predicted molar refractivity (Wildman–Crippen MR) is 94.2 cm³/mol. The molecule has 0 spiro atoms. The Labute approximate surface area is 154 Å². The average molecular weight is 399 g/mol. The van der Waals surface area contributed by atoms with Gasteiger partial charge in [0.2, 0.25) is 5.91 Å². The second kappa shape index (κ2) is 6.33. The summed E-state index contributed by atoms with van der Waals surface area (Å²) in [5.74, 6) is -2.85. The minimum absolute atomic E-state index is 0.0806. The van der Waals surface area contributed by atoms with Crippen molar-refractivity contribution in [2.45, 2.75) is 10.8 Å². The summed E-state index contributed by atoms with van der Waals surface area (Å²) < 4.78 is 25.4. The number of hydrogen-bond donors (Lipinski definition) is 1. The molecule has 1 unspecified atom stereocenters. The van der Waals surface area contributed by atoms with Crippen LogP contribution in [0, 0.1) is 0 Å². The van der Waals surface area contributed by atoms with E-state index in [0.717, 1.165) is 7.05 Å². The van der Waals surface area contributed by atoms with Gasteiger partial charge >= 0.3 is 0 Å². The van der Waals surface area contributed by atoms with Crippen molar-refractivity contribution in [3.8, 4) is 0 Å². The summed E-state index contributed by atoms with van der Waals surface area (Å²) in [5.41, 5.74) is 0.408. The van der Waals surface area contributed by atoms with Gasteiger partial charge in [0.05, 0.1) is 15.6 Å². The second-order valence-electron chi connectivity index (χ2n) is 5.40. The zero-order valence-corrected chi connectivity index (χ0v) is 15.2. The van der Waals surface area contributed by atoms with Crippen molar-refractivity contribution < 1.29 is 18.0 Å². The van der Waals surface area contributed by atoms with Gasteiger partial charge in [-0.05, 0) is 29.8 Å². The van der Waals surface area contributed by atoms with Gasteiger partial charge in [-0.2, -0.15) is 0 Å². The number of carbonyl (C=O) groups excluding carboxylic acids is 2. The number of para-hydroxylation sites is 1. The Morgan fingerprint density at radius 2 is 1.84 bits per heavy atom. The van der Waals surface area contributed by atoms with Gasteiger partial charge in [-0.1, -0.05) is 41.4 Å². The van der Waals surface area contributed by atoms with E-state index in [1.165, 1.54) is 18.2 Å². The van der Waals surface area contributed by atoms with Gasteiger partial charge in [0, 0.05) is 12.1 Å². The molecule has 6 nitrogen and oxygen atoms in total. The predicted octanol–water partition coefficient (Wildman–Crippen LogP) is 2.88. The fraction of sp³-hybridized carbons (Fsp3) is 0.125. The highest BCUT2D eigenvalue weighted by Gasteiger charge is 2.44. The van der Waals surface area contributed by atoms with E-state index in [1.807, 2.05) is 0 Å². The van der Waals surface area contributed by atoms with Gasteiger partial charge in [0.1, 0.15) is 5.92 Å². The third-order valence-electron chi connectivity index (χ3n) is 3.88. The lowest BCUT2D eigenvalue weighted by Crippen LogP contribution is -2.45. The number of sulfonamides is 1. The second-order valence-corrected chi connectivity index (χ2v) is 8.18. The molecular formula is C16H12Cl2N2O4S. The van der Waals surface area contributed by atoms with E-state index < -0.39 is 27.8 Å². The number of amides is 2. The van der Waals surface area contributed by atoms with E-state index >= 15 is 0 Å². The number of benzene rings is 2. The van der Waals surface area contributed by atoms with Crippen LogP contribution in [0.2, 0.25) is 10.0 Å². The zero-order chi connectivity index (χ0) is 18.4. The van der Waals surface area contributed by atoms with E-state index in [2.05, 4.69) is 5.32 Å². The maximum Gasteiger partial charge on any atom is 0.266 e. The summed E-state index contributed by atoms with van der Waals surface area (Å²) >= 11 is 11.9. The van der Waals surface area contributed by atoms with Crippen molar-refractivity contribution in [3.05, 3.63) is 58.1 Å². The number of hydrogen-bond acceptors (Lipinski definition) is 4. The molecule has 2 aromatic rings. The molecule has 0 aromatic heterocycles. The van der Waals surface area contributed by atoms with Crippen LogP contribution >= 0.6 is 23.2 Å². The number of halogens is 2. The molecule has 0 bridgehead atoms. The van der Waals surface area contributed by atoms with Gasteiger partial charge in [-0.3, -0.25) is 9.59 Å². The molecule has 1 aliphatic heterocycles. The summed E-state index contributed by atoms with van der Waals surface area (Å²) in [6.07, 6.45) is 0. The molecule has 1 heterocycles. The van der Waals surface area contributed by atoms with Gasteiger partial charge in [-0.25, -0.2) is 12.7 Å². The smallest absolute Gasteiger partial charge is 0.266 e. The molecule has 1 atom stereocenters. The molecule has 0 radical (unpaired) electrons. The highest BCUT2D eigenvalue weighted by Crippen LogP contribution is 2.36. The first-order chi connectivity index (χ1) is 11.7. The van der Waals surface area contributed by atoms with E-state index in [9.17, 15) is 18.0 Å². The Balaban J connectivity index is 2.08. The molecule has 3 rings (SSSR count). The Hall–Kier alpha value is -2.09. The van der Waals surface area contributed by atoms with Crippen molar-refractivity contribution >= 4 is 50.7 Å². The number of anilines is 1. The van der Waals surface area contributed by atoms with Gasteiger partial charge in [-0.15, -0.1) is 0 Å². The first kappa shape index (κ1) is 17.7. The lowest BCUT2D eigenvalue weighted by atomic mass is 9.96. The summed E-state index contributed by atoms with van der Waals surface area (Å²) in [6.45, 7) is 0. The Kier molecular flexibility index (Phi) is 4.49. The highest BCUT2D eigenvalue weighted by atomic mass is 35.5. The summed E-state index contributed by atoms with van der Waals surface area (Å²) in [4.78, 5) is 25.0. The monoisotopic (exact) mass is 398 g/mol. The van der Waals surface area contributed by atoms with Crippen LogP contribution in [0.3, 0.4) is 0 Å². The number of carbonyl (C=O) groups is 2. The van der Waals surface area contributed by atoms with Crippen LogP contribution < -0.4 is 5.32 Å². The molecule has 0 aliphatic carbocycles. The third kappa shape index (κ3) is 2.99. The molecule has 0 fully saturated rings. The topological polar surface area (TPSA) is 83.6 Å². The molecule has 130 valence electrons. The van der Waals surface area contributed by atoms with Crippen LogP contribution in [0.1, 0.15) is 11.5 Å². The van der Waals surface area contributed by atoms with Crippen LogP contribution in [0.15, 0.2) is 47.4 Å². The SMILES string of the molecule is CN1C(=O)C(C(=O)Nc2ccccc2Cl)c2ccc(Cl)cc2S1(=O)=O. The molecule has 1 aliphatic rings. The Morgan fingerprint density at radius 3 is 2.52 bits per heavy atom. The van der Waals surface area contributed by atoms with Gasteiger partial charge in [0.15, 0.2) is 0 Å². The van der Waals surface area contributed by atoms with Crippen molar-refractivity contribution in [2.24, 2.45) is 0 Å². The fourth-order valence-corrected chi connectivity index (χ4v) is 4.39. The van der Waals surface area contributed by atoms with E-state index in [4.69, 9.17) is 23.2 Å². The summed E-state index contributed by atoms with van der Waals surface area (Å²) in [5, 5.41) is 3.06. The third-order valence-corrected chi connectivity index (χ3v) is 6.25. The maximum absolute atomic E-state index is 12.7. The lowest BCUT2D eigenvalue weighted by molar-refractivity contribution is -0.132. The average Bonchev–Trinajstić information content (AvgIpc) is 2.56. The van der Waals surface area contributed by atoms with Crippen molar-refractivity contribution in [1.29, 1.82) is 0 Å². The first-order valence-electron chi connectivity index (χ1n) is 7.11. The molecule has 25 heavy (non-hydrogen) atoms. The van der Waals surface area contributed by atoms with Crippen molar-refractivity contribution in [2.75, 3.05) is 12.4 Å². The molecule has 2 amide bonds. The normalized spacial score (nSPS) is 18.6. The molecule has 2 aromatic carbocycles. The number of rotatable bonds is 2. The lowest BCUT2D eigenvalue weighted by Gasteiger charge is -2.30.